The van der Waals surface area contributed by atoms with Crippen molar-refractivity contribution in [1.82, 2.24) is 9.97 Å². The first-order valence-corrected chi connectivity index (χ1v) is 21.4. The number of hydrogen-bond donors (Lipinski definition) is 6. The highest BCUT2D eigenvalue weighted by Crippen LogP contribution is 2.44. The average molecular weight is 838 g/mol. The van der Waals surface area contributed by atoms with E-state index in [1.165, 1.54) is 25.1 Å². The fourth-order valence-electron chi connectivity index (χ4n) is 4.79. The molecule has 26 heteroatoms. The molecule has 0 aliphatic rings. The van der Waals surface area contributed by atoms with E-state index >= 15 is 0 Å². The summed E-state index contributed by atoms with van der Waals surface area (Å²) in [6.45, 7) is 1.42. The summed E-state index contributed by atoms with van der Waals surface area (Å²) in [7, 11) is -25.2. The van der Waals surface area contributed by atoms with Gasteiger partial charge in [0.25, 0.3) is 40.5 Å². The third-order valence-corrected chi connectivity index (χ3v) is 11.8. The second-order valence-corrected chi connectivity index (χ2v) is 18.5. The van der Waals surface area contributed by atoms with Crippen LogP contribution in [0.25, 0.3) is 21.5 Å². The van der Waals surface area contributed by atoms with Gasteiger partial charge in [-0.1, -0.05) is 17.7 Å². The number of hydrogen-bond acceptors (Lipinski definition) is 16. The van der Waals surface area contributed by atoms with E-state index in [9.17, 15) is 65.4 Å². The molecule has 0 unspecified atom stereocenters. The van der Waals surface area contributed by atoms with Gasteiger partial charge in [0.15, 0.2) is 11.6 Å². The number of benzene rings is 4. The second kappa shape index (κ2) is 12.9. The Morgan fingerprint density at radius 3 is 1.87 bits per heavy atom. The van der Waals surface area contributed by atoms with Crippen molar-refractivity contribution in [3.63, 3.8) is 0 Å². The SMILES string of the molecule is Cc1nc(S(C)(=O)=O)nc(Nc2ccc3c(O)c(N=Nc4ccc5c(S(=O)(=O)O)cc(S(=O)(=O)O)cc5c4S(=O)(=O)O)c(S(=O)(=O)O)cc3c2)c1Cl. The highest BCUT2D eigenvalue weighted by atomic mass is 35.5. The van der Waals surface area contributed by atoms with E-state index in [-0.39, 0.29) is 33.0 Å². The lowest BCUT2D eigenvalue weighted by molar-refractivity contribution is 0.472. The zero-order valence-corrected chi connectivity index (χ0v) is 30.5. The predicted molar refractivity (Wildman–Crippen MR) is 181 cm³/mol. The molecule has 0 saturated heterocycles. The molecule has 0 amide bonds. The Hall–Kier alpha value is -4.44. The first-order chi connectivity index (χ1) is 23.7. The predicted octanol–water partition coefficient (Wildman–Crippen LogP) is 4.00. The number of halogens is 1. The molecule has 52 heavy (non-hydrogen) atoms. The lowest BCUT2D eigenvalue weighted by Gasteiger charge is -2.13. The van der Waals surface area contributed by atoms with Crippen LogP contribution in [0.15, 0.2) is 83.5 Å². The van der Waals surface area contributed by atoms with Gasteiger partial charge in [0.05, 0.1) is 10.6 Å². The van der Waals surface area contributed by atoms with Crippen LogP contribution in [0.5, 0.6) is 5.75 Å². The van der Waals surface area contributed by atoms with Gasteiger partial charge in [-0.05, 0) is 54.8 Å². The number of fused-ring (bicyclic) bond motifs is 2. The summed E-state index contributed by atoms with van der Waals surface area (Å²) in [6, 6.07) is 6.84. The van der Waals surface area contributed by atoms with Gasteiger partial charge in [0.2, 0.25) is 15.0 Å². The van der Waals surface area contributed by atoms with Gasteiger partial charge in [0.1, 0.15) is 31.1 Å². The summed E-state index contributed by atoms with van der Waals surface area (Å²) in [5.74, 6) is -1.11. The Labute approximate surface area is 298 Å². The number of aromatic hydroxyl groups is 1. The Kier molecular flexibility index (Phi) is 9.62. The molecule has 0 spiro atoms. The molecule has 0 aliphatic carbocycles. The van der Waals surface area contributed by atoms with E-state index in [1.807, 2.05) is 0 Å². The molecule has 20 nitrogen and oxygen atoms in total. The molecule has 0 bridgehead atoms. The van der Waals surface area contributed by atoms with Crippen molar-refractivity contribution in [3.8, 4) is 5.75 Å². The van der Waals surface area contributed by atoms with Crippen LogP contribution in [0.3, 0.4) is 0 Å². The number of phenolic OH excluding ortho intramolecular Hbond substituents is 1. The molecule has 0 fully saturated rings. The van der Waals surface area contributed by atoms with E-state index in [1.54, 1.807) is 0 Å². The van der Waals surface area contributed by atoms with E-state index in [0.29, 0.717) is 12.1 Å². The quantitative estimate of drug-likeness (QED) is 0.0694. The number of nitrogens with one attached hydrogen (secondary N) is 1. The van der Waals surface area contributed by atoms with Crippen molar-refractivity contribution in [2.75, 3.05) is 11.6 Å². The minimum Gasteiger partial charge on any atom is -0.505 e. The Morgan fingerprint density at radius 1 is 0.692 bits per heavy atom. The van der Waals surface area contributed by atoms with Crippen molar-refractivity contribution in [2.24, 2.45) is 10.2 Å². The van der Waals surface area contributed by atoms with Crippen molar-refractivity contribution in [1.29, 1.82) is 0 Å². The summed E-state index contributed by atoms with van der Waals surface area (Å²) in [5, 5.41) is 18.6. The maximum atomic E-state index is 12.5. The van der Waals surface area contributed by atoms with Crippen molar-refractivity contribution in [3.05, 3.63) is 59.2 Å². The first-order valence-electron chi connectivity index (χ1n) is 13.4. The van der Waals surface area contributed by atoms with Crippen molar-refractivity contribution in [2.45, 2.75) is 31.7 Å². The smallest absolute Gasteiger partial charge is 0.297 e. The van der Waals surface area contributed by atoms with Gasteiger partial charge >= 0.3 is 0 Å². The third-order valence-electron chi connectivity index (χ3n) is 7.01. The zero-order valence-electron chi connectivity index (χ0n) is 25.6. The van der Waals surface area contributed by atoms with Gasteiger partial charge < -0.3 is 10.4 Å². The molecular formula is C26H20ClN5O15S5. The number of anilines is 2. The van der Waals surface area contributed by atoms with Crippen LogP contribution in [0.1, 0.15) is 5.69 Å². The molecule has 0 atom stereocenters. The Morgan fingerprint density at radius 2 is 1.31 bits per heavy atom. The van der Waals surface area contributed by atoms with E-state index in [4.69, 9.17) is 11.6 Å². The fraction of sp³-hybridized carbons (Fsp3) is 0.0769. The topological polar surface area (TPSA) is 334 Å². The molecular weight excluding hydrogens is 818 g/mol. The average Bonchev–Trinajstić information content (AvgIpc) is 2.99. The van der Waals surface area contributed by atoms with Crippen LogP contribution in [0.4, 0.5) is 22.9 Å². The fourth-order valence-corrected chi connectivity index (χ4v) is 8.30. The third kappa shape index (κ3) is 7.68. The summed E-state index contributed by atoms with van der Waals surface area (Å²) in [5.41, 5.74) is -1.67. The van der Waals surface area contributed by atoms with Gasteiger partial charge in [-0.2, -0.15) is 38.7 Å². The minimum absolute atomic E-state index is 0.0638. The van der Waals surface area contributed by atoms with Gasteiger partial charge in [-0.15, -0.1) is 10.2 Å². The normalized spacial score (nSPS) is 13.3. The van der Waals surface area contributed by atoms with Crippen LogP contribution in [-0.4, -0.2) is 81.6 Å². The molecule has 1 aromatic heterocycles. The zero-order chi connectivity index (χ0) is 38.9. The number of sulfone groups is 1. The number of nitrogens with zero attached hydrogens (tertiary/aromatic N) is 4. The maximum absolute atomic E-state index is 12.5. The Balaban J connectivity index is 1.72. The number of aryl methyl sites for hydroxylation is 1. The summed E-state index contributed by atoms with van der Waals surface area (Å²) in [6.07, 6.45) is 0.868. The summed E-state index contributed by atoms with van der Waals surface area (Å²) in [4.78, 5) is 2.87. The standard InChI is InChI=1S/C26H20ClN5O15S5/c1-11-21(27)25(30-26(28-11)48(2,34)35)29-13-3-4-15-12(7-13)8-20(51(42,43)44)22(23(15)33)32-31-18-6-5-16-17(24(18)52(45,46)47)9-14(49(36,37)38)10-19(16)50(39,40)41/h3-10,33H,1-2H3,(H,28,29,30)(H,36,37,38)(H,39,40,41)(H,42,43,44)(H,45,46,47). The van der Waals surface area contributed by atoms with Crippen molar-refractivity contribution >= 4 is 106 Å². The van der Waals surface area contributed by atoms with Gasteiger partial charge in [-0.25, -0.2) is 13.4 Å². The highest BCUT2D eigenvalue weighted by molar-refractivity contribution is 7.90. The van der Waals surface area contributed by atoms with Crippen molar-refractivity contribution < 1.29 is 65.4 Å². The molecule has 1 heterocycles. The number of azo groups is 1. The molecule has 0 saturated carbocycles. The lowest BCUT2D eigenvalue weighted by Crippen LogP contribution is -2.08. The summed E-state index contributed by atoms with van der Waals surface area (Å²) >= 11 is 6.24. The first kappa shape index (κ1) is 38.8. The van der Waals surface area contributed by atoms with E-state index in [2.05, 4.69) is 25.5 Å². The lowest BCUT2D eigenvalue weighted by atomic mass is 10.1. The number of aromatic nitrogens is 2. The number of phenols is 1. The van der Waals surface area contributed by atoms with E-state index in [0.717, 1.165) is 24.5 Å². The number of rotatable bonds is 9. The molecule has 0 aliphatic heterocycles. The van der Waals surface area contributed by atoms with Gasteiger partial charge in [0, 0.05) is 28.1 Å². The molecule has 5 rings (SSSR count). The van der Waals surface area contributed by atoms with Crippen LogP contribution in [-0.2, 0) is 50.3 Å². The molecule has 276 valence electrons. The molecule has 5 aromatic rings. The monoisotopic (exact) mass is 837 g/mol. The summed E-state index contributed by atoms with van der Waals surface area (Å²) < 4.78 is 161. The maximum Gasteiger partial charge on any atom is 0.297 e. The molecule has 0 radical (unpaired) electrons. The molecule has 6 N–H and O–H groups in total. The van der Waals surface area contributed by atoms with Crippen LogP contribution in [0.2, 0.25) is 5.02 Å². The van der Waals surface area contributed by atoms with E-state index < -0.39 is 103 Å². The van der Waals surface area contributed by atoms with Crippen LogP contribution in [0, 0.1) is 6.92 Å². The van der Waals surface area contributed by atoms with Gasteiger partial charge in [-0.3, -0.25) is 18.2 Å². The largest absolute Gasteiger partial charge is 0.505 e. The second-order valence-electron chi connectivity index (χ2n) is 10.7. The molecule has 4 aromatic carbocycles. The highest BCUT2D eigenvalue weighted by Gasteiger charge is 2.28. The van der Waals surface area contributed by atoms with Crippen LogP contribution < -0.4 is 5.32 Å². The Bertz CT molecular complexity index is 2990. The minimum atomic E-state index is -5.52. The van der Waals surface area contributed by atoms with Crippen LogP contribution >= 0.6 is 11.6 Å².